The number of aliphatic hydroxyl groups is 1. The third-order valence-electron chi connectivity index (χ3n) is 7.51. The second-order valence-corrected chi connectivity index (χ2v) is 11.0. The fraction of sp³-hybridized carbons (Fsp3) is 0.323. The molecule has 8 heteroatoms. The molecule has 196 valence electrons. The predicted octanol–water partition coefficient (Wildman–Crippen LogP) is 3.86. The van der Waals surface area contributed by atoms with Crippen molar-refractivity contribution in [2.45, 2.75) is 44.5 Å². The fourth-order valence-electron chi connectivity index (χ4n) is 5.52. The molecule has 2 unspecified atom stereocenters. The lowest BCUT2D eigenvalue weighted by atomic mass is 9.86. The van der Waals surface area contributed by atoms with E-state index in [0.717, 1.165) is 42.1 Å². The van der Waals surface area contributed by atoms with Gasteiger partial charge in [-0.3, -0.25) is 4.90 Å². The van der Waals surface area contributed by atoms with Crippen LogP contribution in [0.3, 0.4) is 0 Å². The van der Waals surface area contributed by atoms with Crippen LogP contribution >= 0.6 is 0 Å². The van der Waals surface area contributed by atoms with Crippen LogP contribution in [0.25, 0.3) is 16.6 Å². The van der Waals surface area contributed by atoms with Crippen LogP contribution in [-0.4, -0.2) is 62.0 Å². The van der Waals surface area contributed by atoms with Crippen LogP contribution < -0.4 is 9.64 Å². The molecular formula is C31H30N6O2. The molecule has 7 rings (SSSR count). The second kappa shape index (κ2) is 9.74. The minimum atomic E-state index is -0.975. The highest BCUT2D eigenvalue weighted by Crippen LogP contribution is 2.36. The van der Waals surface area contributed by atoms with Crippen molar-refractivity contribution in [1.29, 1.82) is 5.26 Å². The summed E-state index contributed by atoms with van der Waals surface area (Å²) in [7, 11) is 0. The Morgan fingerprint density at radius 1 is 1.13 bits per heavy atom. The molecule has 39 heavy (non-hydrogen) atoms. The number of hydrogen-bond donors (Lipinski definition) is 1. The van der Waals surface area contributed by atoms with Crippen molar-refractivity contribution >= 4 is 11.3 Å². The molecule has 2 bridgehead atoms. The standard InChI is InChI=1S/C31H30N6O2/c1-4-21-5-7-22(8-6-21)16-36-25-11-26(36)18-35(17-25)29-10-9-23(14-33-29)28-12-27(39-20-31(2,3)38)19-37-30(28)24(13-32)15-34-37/h1,5-10,12,14-15,19,25-26,38H,11,16-18,20H2,2-3H3. The van der Waals surface area contributed by atoms with E-state index in [4.69, 9.17) is 16.1 Å². The van der Waals surface area contributed by atoms with Gasteiger partial charge >= 0.3 is 0 Å². The summed E-state index contributed by atoms with van der Waals surface area (Å²) in [4.78, 5) is 9.76. The van der Waals surface area contributed by atoms with E-state index in [1.165, 1.54) is 12.0 Å². The maximum absolute atomic E-state index is 10.1. The third-order valence-corrected chi connectivity index (χ3v) is 7.51. The molecule has 8 nitrogen and oxygen atoms in total. The first-order valence-electron chi connectivity index (χ1n) is 13.1. The highest BCUT2D eigenvalue weighted by atomic mass is 16.5. The number of terminal acetylenes is 1. The summed E-state index contributed by atoms with van der Waals surface area (Å²) in [5.74, 6) is 4.19. The Hall–Kier alpha value is -4.37. The number of piperidine rings is 1. The summed E-state index contributed by atoms with van der Waals surface area (Å²) in [6, 6.07) is 17.5. The molecule has 0 amide bonds. The van der Waals surface area contributed by atoms with E-state index in [9.17, 15) is 10.4 Å². The molecule has 3 aliphatic heterocycles. The van der Waals surface area contributed by atoms with Gasteiger partial charge in [-0.05, 0) is 56.2 Å². The largest absolute Gasteiger partial charge is 0.489 e. The van der Waals surface area contributed by atoms with Crippen LogP contribution in [0.4, 0.5) is 5.82 Å². The van der Waals surface area contributed by atoms with Crippen molar-refractivity contribution in [1.82, 2.24) is 19.5 Å². The number of pyridine rings is 2. The second-order valence-electron chi connectivity index (χ2n) is 11.0. The van der Waals surface area contributed by atoms with E-state index >= 15 is 0 Å². The van der Waals surface area contributed by atoms with Crippen molar-refractivity contribution in [2.24, 2.45) is 0 Å². The van der Waals surface area contributed by atoms with E-state index in [2.05, 4.69) is 39.0 Å². The van der Waals surface area contributed by atoms with Gasteiger partial charge in [0, 0.05) is 54.6 Å². The first-order chi connectivity index (χ1) is 18.8. The SMILES string of the molecule is C#Cc1ccc(CN2C3CC2CN(c2ccc(-c4cc(OCC(C)(C)O)cn5ncc(C#N)c45)cn2)C3)cc1. The minimum absolute atomic E-state index is 0.131. The van der Waals surface area contributed by atoms with Gasteiger partial charge in [-0.1, -0.05) is 18.1 Å². The quantitative estimate of drug-likeness (QED) is 0.372. The number of aromatic nitrogens is 3. The monoisotopic (exact) mass is 518 g/mol. The van der Waals surface area contributed by atoms with Crippen LogP contribution in [0.15, 0.2) is 61.1 Å². The number of hydrogen-bond acceptors (Lipinski definition) is 7. The maximum Gasteiger partial charge on any atom is 0.138 e. The summed E-state index contributed by atoms with van der Waals surface area (Å²) in [6.45, 7) is 6.34. The molecule has 2 atom stereocenters. The van der Waals surface area contributed by atoms with Gasteiger partial charge in [0.2, 0.25) is 0 Å². The van der Waals surface area contributed by atoms with Gasteiger partial charge in [-0.2, -0.15) is 10.4 Å². The Morgan fingerprint density at radius 2 is 1.90 bits per heavy atom. The van der Waals surface area contributed by atoms with E-state index < -0.39 is 5.60 Å². The highest BCUT2D eigenvalue weighted by molar-refractivity contribution is 5.85. The predicted molar refractivity (Wildman–Crippen MR) is 149 cm³/mol. The maximum atomic E-state index is 10.1. The lowest BCUT2D eigenvalue weighted by Crippen LogP contribution is -2.68. The van der Waals surface area contributed by atoms with Crippen molar-refractivity contribution in [3.8, 4) is 35.3 Å². The normalized spacial score (nSPS) is 18.8. The molecule has 0 saturated carbocycles. The first kappa shape index (κ1) is 24.9. The summed E-state index contributed by atoms with van der Waals surface area (Å²) >= 11 is 0. The highest BCUT2D eigenvalue weighted by Gasteiger charge is 2.44. The van der Waals surface area contributed by atoms with Crippen molar-refractivity contribution < 1.29 is 9.84 Å². The van der Waals surface area contributed by atoms with Crippen molar-refractivity contribution in [3.05, 3.63) is 77.7 Å². The fourth-order valence-corrected chi connectivity index (χ4v) is 5.52. The number of nitriles is 1. The van der Waals surface area contributed by atoms with Gasteiger partial charge in [0.05, 0.1) is 29.1 Å². The zero-order chi connectivity index (χ0) is 27.1. The summed E-state index contributed by atoms with van der Waals surface area (Å²) in [5.41, 5.74) is 4.08. The molecule has 1 N–H and O–H groups in total. The Kier molecular flexibility index (Phi) is 6.23. The van der Waals surface area contributed by atoms with Gasteiger partial charge < -0.3 is 14.7 Å². The number of piperazine rings is 1. The van der Waals surface area contributed by atoms with Crippen LogP contribution in [0, 0.1) is 23.7 Å². The molecule has 0 aliphatic carbocycles. The molecule has 0 spiro atoms. The average Bonchev–Trinajstić information content (AvgIpc) is 3.37. The Bertz CT molecular complexity index is 1580. The number of rotatable bonds is 7. The van der Waals surface area contributed by atoms with Gasteiger partial charge in [0.25, 0.3) is 0 Å². The number of ether oxygens (including phenoxy) is 1. The number of anilines is 1. The third kappa shape index (κ3) is 4.93. The van der Waals surface area contributed by atoms with E-state index in [0.29, 0.717) is 28.9 Å². The number of nitrogens with zero attached hydrogens (tertiary/aromatic N) is 6. The number of benzene rings is 1. The lowest BCUT2D eigenvalue weighted by Gasteiger charge is -2.56. The summed E-state index contributed by atoms with van der Waals surface area (Å²) in [6.07, 6.45) is 11.8. The van der Waals surface area contributed by atoms with E-state index in [1.54, 1.807) is 30.8 Å². The molecule has 3 aliphatic rings. The number of fused-ring (bicyclic) bond motifs is 3. The first-order valence-corrected chi connectivity index (χ1v) is 13.1. The van der Waals surface area contributed by atoms with Crippen LogP contribution in [0.5, 0.6) is 5.75 Å². The van der Waals surface area contributed by atoms with E-state index in [1.807, 2.05) is 36.5 Å². The molecule has 0 radical (unpaired) electrons. The Labute approximate surface area is 228 Å². The molecule has 4 aromatic rings. The smallest absolute Gasteiger partial charge is 0.138 e. The molecule has 3 saturated heterocycles. The zero-order valence-electron chi connectivity index (χ0n) is 22.1. The molecule has 1 aromatic carbocycles. The minimum Gasteiger partial charge on any atom is -0.489 e. The van der Waals surface area contributed by atoms with Crippen molar-refractivity contribution in [2.75, 3.05) is 24.6 Å². The average molecular weight is 519 g/mol. The van der Waals surface area contributed by atoms with Gasteiger partial charge in [0.15, 0.2) is 0 Å². The summed E-state index contributed by atoms with van der Waals surface area (Å²) < 4.78 is 7.49. The lowest BCUT2D eigenvalue weighted by molar-refractivity contribution is -0.00868. The topological polar surface area (TPSA) is 89.9 Å². The van der Waals surface area contributed by atoms with Crippen LogP contribution in [0.1, 0.15) is 37.0 Å². The van der Waals surface area contributed by atoms with E-state index in [-0.39, 0.29) is 6.61 Å². The van der Waals surface area contributed by atoms with Gasteiger partial charge in [-0.25, -0.2) is 9.50 Å². The van der Waals surface area contributed by atoms with Gasteiger partial charge in [-0.15, -0.1) is 6.42 Å². The van der Waals surface area contributed by atoms with Crippen LogP contribution in [0.2, 0.25) is 0 Å². The molecular weight excluding hydrogens is 488 g/mol. The Balaban J connectivity index is 1.19. The Morgan fingerprint density at radius 3 is 2.54 bits per heavy atom. The van der Waals surface area contributed by atoms with Gasteiger partial charge in [0.1, 0.15) is 24.2 Å². The molecule has 3 aromatic heterocycles. The van der Waals surface area contributed by atoms with Crippen molar-refractivity contribution in [3.63, 3.8) is 0 Å². The summed E-state index contributed by atoms with van der Waals surface area (Å²) in [5, 5.41) is 24.1. The zero-order valence-corrected chi connectivity index (χ0v) is 22.1. The molecule has 6 heterocycles. The molecule has 3 fully saturated rings. The van der Waals surface area contributed by atoms with Crippen LogP contribution in [-0.2, 0) is 6.54 Å².